The largest absolute Gasteiger partial charge is 0.493 e. The van der Waals surface area contributed by atoms with E-state index in [1.165, 1.54) is 5.56 Å². The van der Waals surface area contributed by atoms with Crippen molar-refractivity contribution in [1.82, 2.24) is 0 Å². The Bertz CT molecular complexity index is 718. The lowest BCUT2D eigenvalue weighted by molar-refractivity contribution is -0.141. The Balaban J connectivity index is 1.98. The van der Waals surface area contributed by atoms with Gasteiger partial charge in [-0.15, -0.1) is 11.8 Å². The van der Waals surface area contributed by atoms with E-state index in [2.05, 4.69) is 24.3 Å². The number of ether oxygens (including phenoxy) is 2. The number of carbonyl (C=O) groups is 1. The van der Waals surface area contributed by atoms with E-state index in [9.17, 15) is 9.90 Å². The van der Waals surface area contributed by atoms with Crippen LogP contribution in [0.15, 0.2) is 53.4 Å². The van der Waals surface area contributed by atoms with Crippen molar-refractivity contribution in [3.8, 4) is 11.5 Å². The summed E-state index contributed by atoms with van der Waals surface area (Å²) in [6, 6.07) is 16.1. The molecule has 5 heteroatoms. The maximum absolute atomic E-state index is 11.6. The van der Waals surface area contributed by atoms with Crippen molar-refractivity contribution in [2.24, 2.45) is 5.92 Å². The standard InChI is InChI=1S/C22H28O4S/c1-16(22(23)24)21(12-8-7-11-17-9-5-4-6-10-17)27-18-13-14-19(25-2)20(15-18)26-3/h4-6,9-10,13-16,21H,7-8,11-12H2,1-3H3,(H,23,24)/t16-,21+/m0/s1. The van der Waals surface area contributed by atoms with Crippen molar-refractivity contribution in [3.63, 3.8) is 0 Å². The summed E-state index contributed by atoms with van der Waals surface area (Å²) in [5, 5.41) is 9.50. The van der Waals surface area contributed by atoms with E-state index in [4.69, 9.17) is 9.47 Å². The number of methoxy groups -OCH3 is 2. The fraction of sp³-hybridized carbons (Fsp3) is 0.409. The van der Waals surface area contributed by atoms with Crippen LogP contribution in [0.4, 0.5) is 0 Å². The Morgan fingerprint density at radius 3 is 2.37 bits per heavy atom. The molecule has 2 aromatic carbocycles. The molecule has 0 bridgehead atoms. The first kappa shape index (κ1) is 21.2. The van der Waals surface area contributed by atoms with E-state index in [-0.39, 0.29) is 5.25 Å². The molecule has 1 N–H and O–H groups in total. The quantitative estimate of drug-likeness (QED) is 0.418. The lowest BCUT2D eigenvalue weighted by Crippen LogP contribution is -2.23. The molecule has 0 radical (unpaired) electrons. The molecule has 4 nitrogen and oxygen atoms in total. The van der Waals surface area contributed by atoms with E-state index in [1.54, 1.807) is 32.9 Å². The summed E-state index contributed by atoms with van der Waals surface area (Å²) in [6.45, 7) is 1.79. The summed E-state index contributed by atoms with van der Waals surface area (Å²) in [5.74, 6) is 0.164. The van der Waals surface area contributed by atoms with Crippen molar-refractivity contribution >= 4 is 17.7 Å². The molecule has 2 aromatic rings. The zero-order chi connectivity index (χ0) is 19.6. The molecular weight excluding hydrogens is 360 g/mol. The first-order chi connectivity index (χ1) is 13.0. The second-order valence-electron chi connectivity index (χ2n) is 6.53. The van der Waals surface area contributed by atoms with Crippen molar-refractivity contribution in [2.45, 2.75) is 42.8 Å². The highest BCUT2D eigenvalue weighted by Gasteiger charge is 2.24. The zero-order valence-electron chi connectivity index (χ0n) is 16.2. The molecule has 0 heterocycles. The van der Waals surface area contributed by atoms with E-state index in [0.29, 0.717) is 11.5 Å². The van der Waals surface area contributed by atoms with Crippen LogP contribution in [0.2, 0.25) is 0 Å². The van der Waals surface area contributed by atoms with Gasteiger partial charge >= 0.3 is 5.97 Å². The second kappa shape index (κ2) is 10.9. The Hall–Kier alpha value is -2.14. The molecule has 0 aliphatic carbocycles. The van der Waals surface area contributed by atoms with E-state index in [1.807, 2.05) is 24.3 Å². The van der Waals surface area contributed by atoms with Crippen molar-refractivity contribution in [3.05, 3.63) is 54.1 Å². The van der Waals surface area contributed by atoms with Crippen LogP contribution in [-0.2, 0) is 11.2 Å². The summed E-state index contributed by atoms with van der Waals surface area (Å²) < 4.78 is 10.6. The molecule has 0 aromatic heterocycles. The molecule has 0 aliphatic heterocycles. The molecule has 0 aliphatic rings. The average Bonchev–Trinajstić information content (AvgIpc) is 2.70. The van der Waals surface area contributed by atoms with E-state index in [0.717, 1.165) is 30.6 Å². The third-order valence-corrected chi connectivity index (χ3v) is 6.11. The van der Waals surface area contributed by atoms with Crippen LogP contribution < -0.4 is 9.47 Å². The van der Waals surface area contributed by atoms with Crippen LogP contribution in [0.25, 0.3) is 0 Å². The van der Waals surface area contributed by atoms with Gasteiger partial charge in [-0.05, 0) is 43.0 Å². The van der Waals surface area contributed by atoms with Crippen molar-refractivity contribution < 1.29 is 19.4 Å². The zero-order valence-corrected chi connectivity index (χ0v) is 17.0. The fourth-order valence-corrected chi connectivity index (χ4v) is 4.23. The minimum atomic E-state index is -0.754. The Morgan fingerprint density at radius 2 is 1.74 bits per heavy atom. The molecule has 0 unspecified atom stereocenters. The number of carboxylic acids is 1. The first-order valence-electron chi connectivity index (χ1n) is 9.20. The number of aryl methyl sites for hydroxylation is 1. The Morgan fingerprint density at radius 1 is 1.04 bits per heavy atom. The Labute approximate surface area is 165 Å². The molecule has 27 heavy (non-hydrogen) atoms. The number of benzene rings is 2. The predicted octanol–water partition coefficient (Wildman–Crippen LogP) is 5.30. The lowest BCUT2D eigenvalue weighted by Gasteiger charge is -2.21. The summed E-state index contributed by atoms with van der Waals surface area (Å²) in [5.41, 5.74) is 1.33. The molecule has 0 saturated heterocycles. The third-order valence-electron chi connectivity index (χ3n) is 4.64. The summed E-state index contributed by atoms with van der Waals surface area (Å²) in [4.78, 5) is 12.5. The molecule has 0 spiro atoms. The topological polar surface area (TPSA) is 55.8 Å². The highest BCUT2D eigenvalue weighted by Crippen LogP contribution is 2.37. The molecule has 0 amide bonds. The van der Waals surface area contributed by atoms with Crippen LogP contribution in [0.5, 0.6) is 11.5 Å². The molecule has 0 fully saturated rings. The summed E-state index contributed by atoms with van der Waals surface area (Å²) in [7, 11) is 3.21. The van der Waals surface area contributed by atoms with Gasteiger partial charge in [0.1, 0.15) is 0 Å². The number of unbranched alkanes of at least 4 members (excludes halogenated alkanes) is 1. The van der Waals surface area contributed by atoms with Gasteiger partial charge in [0.25, 0.3) is 0 Å². The van der Waals surface area contributed by atoms with Crippen molar-refractivity contribution in [1.29, 1.82) is 0 Å². The number of rotatable bonds is 11. The molecule has 146 valence electrons. The van der Waals surface area contributed by atoms with Gasteiger partial charge in [0.15, 0.2) is 11.5 Å². The highest BCUT2D eigenvalue weighted by molar-refractivity contribution is 8.00. The molecule has 0 saturated carbocycles. The number of thioether (sulfide) groups is 1. The molecular formula is C22H28O4S. The van der Waals surface area contributed by atoms with Crippen LogP contribution in [0.3, 0.4) is 0 Å². The van der Waals surface area contributed by atoms with Gasteiger partial charge in [0, 0.05) is 10.1 Å². The second-order valence-corrected chi connectivity index (χ2v) is 7.84. The minimum Gasteiger partial charge on any atom is -0.493 e. The van der Waals surface area contributed by atoms with Gasteiger partial charge in [0.05, 0.1) is 20.1 Å². The van der Waals surface area contributed by atoms with Gasteiger partial charge in [-0.2, -0.15) is 0 Å². The lowest BCUT2D eigenvalue weighted by atomic mass is 10.0. The normalized spacial score (nSPS) is 13.0. The summed E-state index contributed by atoms with van der Waals surface area (Å²) in [6.07, 6.45) is 3.94. The van der Waals surface area contributed by atoms with Gasteiger partial charge in [0.2, 0.25) is 0 Å². The summed E-state index contributed by atoms with van der Waals surface area (Å²) >= 11 is 1.60. The maximum Gasteiger partial charge on any atom is 0.307 e. The van der Waals surface area contributed by atoms with Crippen molar-refractivity contribution in [2.75, 3.05) is 14.2 Å². The molecule has 2 atom stereocenters. The Kier molecular flexibility index (Phi) is 8.52. The first-order valence-corrected chi connectivity index (χ1v) is 10.1. The monoisotopic (exact) mass is 388 g/mol. The number of carboxylic acid groups (broad SMARTS) is 1. The predicted molar refractivity (Wildman–Crippen MR) is 110 cm³/mol. The fourth-order valence-electron chi connectivity index (χ4n) is 2.95. The minimum absolute atomic E-state index is 0.0105. The van der Waals surface area contributed by atoms with E-state index < -0.39 is 11.9 Å². The average molecular weight is 389 g/mol. The van der Waals surface area contributed by atoms with Gasteiger partial charge in [-0.3, -0.25) is 4.79 Å². The van der Waals surface area contributed by atoms with Gasteiger partial charge in [-0.1, -0.05) is 43.7 Å². The highest BCUT2D eigenvalue weighted by atomic mass is 32.2. The smallest absolute Gasteiger partial charge is 0.307 e. The molecule has 2 rings (SSSR count). The van der Waals surface area contributed by atoms with Crippen LogP contribution in [0, 0.1) is 5.92 Å². The van der Waals surface area contributed by atoms with Gasteiger partial charge < -0.3 is 14.6 Å². The maximum atomic E-state index is 11.6. The van der Waals surface area contributed by atoms with Crippen LogP contribution in [-0.4, -0.2) is 30.5 Å². The van der Waals surface area contributed by atoms with E-state index >= 15 is 0 Å². The third kappa shape index (κ3) is 6.51. The van der Waals surface area contributed by atoms with Crippen LogP contribution in [0.1, 0.15) is 31.7 Å². The number of hydrogen-bond donors (Lipinski definition) is 1. The number of hydrogen-bond acceptors (Lipinski definition) is 4. The van der Waals surface area contributed by atoms with Crippen LogP contribution >= 0.6 is 11.8 Å². The van der Waals surface area contributed by atoms with Gasteiger partial charge in [-0.25, -0.2) is 0 Å². The SMILES string of the molecule is COc1ccc(S[C@H](CCCCc2ccccc2)[C@H](C)C(=O)O)cc1OC. The number of aliphatic carboxylic acids is 1.